The fourth-order valence-electron chi connectivity index (χ4n) is 1.32. The van der Waals surface area contributed by atoms with Crippen molar-refractivity contribution < 1.29 is 15.0 Å². The third kappa shape index (κ3) is 13.0. The summed E-state index contributed by atoms with van der Waals surface area (Å²) in [5.41, 5.74) is 0. The van der Waals surface area contributed by atoms with Gasteiger partial charge in [0.15, 0.2) is 0 Å². The molecule has 0 spiro atoms. The van der Waals surface area contributed by atoms with Gasteiger partial charge in [-0.2, -0.15) is 0 Å². The molecule has 0 aliphatic carbocycles. The highest BCUT2D eigenvalue weighted by Gasteiger charge is 2.01. The molecule has 0 bridgehead atoms. The summed E-state index contributed by atoms with van der Waals surface area (Å²) in [5.74, 6) is -0.787. The van der Waals surface area contributed by atoms with Gasteiger partial charge in [0.05, 0.1) is 12.5 Å². The Labute approximate surface area is 103 Å². The van der Waals surface area contributed by atoms with E-state index in [1.54, 1.807) is 0 Å². The van der Waals surface area contributed by atoms with Crippen LogP contribution in [0.1, 0.15) is 26.2 Å². The zero-order chi connectivity index (χ0) is 12.9. The molecular weight excluding hydrogens is 220 g/mol. The highest BCUT2D eigenvalue weighted by atomic mass is 16.4. The van der Waals surface area contributed by atoms with E-state index in [9.17, 15) is 9.90 Å². The van der Waals surface area contributed by atoms with Crippen molar-refractivity contribution in [3.05, 3.63) is 12.2 Å². The maximum atomic E-state index is 10.2. The zero-order valence-corrected chi connectivity index (χ0v) is 10.5. The number of hydrogen-bond acceptors (Lipinski definition) is 4. The molecule has 0 aromatic rings. The Morgan fingerprint density at radius 1 is 1.29 bits per heavy atom. The van der Waals surface area contributed by atoms with Crippen molar-refractivity contribution in [3.63, 3.8) is 0 Å². The molecule has 0 radical (unpaired) electrons. The van der Waals surface area contributed by atoms with E-state index in [-0.39, 0.29) is 12.5 Å². The van der Waals surface area contributed by atoms with Crippen LogP contribution in [0.4, 0.5) is 0 Å². The maximum absolute atomic E-state index is 10.2. The van der Waals surface area contributed by atoms with Gasteiger partial charge in [-0.05, 0) is 19.8 Å². The van der Waals surface area contributed by atoms with Gasteiger partial charge < -0.3 is 20.8 Å². The Bertz CT molecular complexity index is 220. The van der Waals surface area contributed by atoms with E-state index in [0.29, 0.717) is 13.1 Å². The van der Waals surface area contributed by atoms with Crippen molar-refractivity contribution in [2.24, 2.45) is 0 Å². The van der Waals surface area contributed by atoms with Crippen molar-refractivity contribution in [3.8, 4) is 0 Å². The summed E-state index contributed by atoms with van der Waals surface area (Å²) in [5, 5.41) is 24.1. The molecule has 0 fully saturated rings. The first-order valence-electron chi connectivity index (χ1n) is 6.09. The molecule has 100 valence electrons. The number of carbonyl (C=O) groups is 1. The second kappa shape index (κ2) is 11.6. The van der Waals surface area contributed by atoms with Crippen LogP contribution in [0, 0.1) is 0 Å². The quantitative estimate of drug-likeness (QED) is 0.312. The lowest BCUT2D eigenvalue weighted by Crippen LogP contribution is -2.33. The molecule has 0 saturated carbocycles. The summed E-state index contributed by atoms with van der Waals surface area (Å²) in [4.78, 5) is 10.2. The lowest BCUT2D eigenvalue weighted by Gasteiger charge is -2.10. The third-order valence-corrected chi connectivity index (χ3v) is 2.28. The highest BCUT2D eigenvalue weighted by molar-refractivity contribution is 5.66. The van der Waals surface area contributed by atoms with Crippen LogP contribution in [0.15, 0.2) is 12.2 Å². The second-order valence-corrected chi connectivity index (χ2v) is 3.90. The van der Waals surface area contributed by atoms with Gasteiger partial charge in [0.1, 0.15) is 0 Å². The molecule has 0 aliphatic rings. The van der Waals surface area contributed by atoms with Gasteiger partial charge in [0.25, 0.3) is 0 Å². The summed E-state index contributed by atoms with van der Waals surface area (Å²) in [6.45, 7) is 4.49. The lowest BCUT2D eigenvalue weighted by molar-refractivity contribution is -0.136. The number of aliphatic hydroxyl groups excluding tert-OH is 1. The van der Waals surface area contributed by atoms with Crippen molar-refractivity contribution >= 4 is 5.97 Å². The molecule has 17 heavy (non-hydrogen) atoms. The van der Waals surface area contributed by atoms with E-state index in [0.717, 1.165) is 25.9 Å². The van der Waals surface area contributed by atoms with E-state index < -0.39 is 5.97 Å². The van der Waals surface area contributed by atoms with Gasteiger partial charge in [0.2, 0.25) is 0 Å². The van der Waals surface area contributed by atoms with Gasteiger partial charge in [-0.3, -0.25) is 4.79 Å². The number of allylic oxidation sites excluding steroid dienone is 2. The molecule has 0 saturated heterocycles. The smallest absolute Gasteiger partial charge is 0.304 e. The van der Waals surface area contributed by atoms with Crippen molar-refractivity contribution in [2.45, 2.75) is 32.3 Å². The van der Waals surface area contributed by atoms with Crippen LogP contribution >= 0.6 is 0 Å². The SMILES string of the molecule is C/C=C/CCC(O)CNCCNCCC(=O)O. The first kappa shape index (κ1) is 16.1. The Kier molecular flexibility index (Phi) is 11.0. The summed E-state index contributed by atoms with van der Waals surface area (Å²) in [6.07, 6.45) is 5.51. The standard InChI is InChI=1S/C12H24N2O3/c1-2-3-4-5-11(15)10-14-9-8-13-7-6-12(16)17/h2-3,11,13-15H,4-10H2,1H3,(H,16,17)/b3-2+. The fraction of sp³-hybridized carbons (Fsp3) is 0.750. The summed E-state index contributed by atoms with van der Waals surface area (Å²) in [6, 6.07) is 0. The Hall–Kier alpha value is -0.910. The summed E-state index contributed by atoms with van der Waals surface area (Å²) < 4.78 is 0. The van der Waals surface area contributed by atoms with Crippen LogP contribution in [-0.2, 0) is 4.79 Å². The molecular formula is C12H24N2O3. The average molecular weight is 244 g/mol. The molecule has 0 rings (SSSR count). The fourth-order valence-corrected chi connectivity index (χ4v) is 1.32. The minimum absolute atomic E-state index is 0.145. The van der Waals surface area contributed by atoms with Gasteiger partial charge in [-0.15, -0.1) is 0 Å². The molecule has 0 aliphatic heterocycles. The first-order valence-corrected chi connectivity index (χ1v) is 6.09. The van der Waals surface area contributed by atoms with E-state index in [1.165, 1.54) is 0 Å². The van der Waals surface area contributed by atoms with Crippen LogP contribution in [0.25, 0.3) is 0 Å². The number of rotatable bonds is 11. The number of aliphatic hydroxyl groups is 1. The van der Waals surface area contributed by atoms with Crippen LogP contribution in [0.3, 0.4) is 0 Å². The largest absolute Gasteiger partial charge is 0.481 e. The Morgan fingerprint density at radius 2 is 2.00 bits per heavy atom. The molecule has 0 amide bonds. The first-order chi connectivity index (χ1) is 8.16. The molecule has 1 atom stereocenters. The molecule has 5 heteroatoms. The minimum Gasteiger partial charge on any atom is -0.481 e. The van der Waals surface area contributed by atoms with E-state index in [4.69, 9.17) is 5.11 Å². The average Bonchev–Trinajstić information content (AvgIpc) is 2.28. The lowest BCUT2D eigenvalue weighted by atomic mass is 10.2. The minimum atomic E-state index is -0.787. The van der Waals surface area contributed by atoms with E-state index in [2.05, 4.69) is 10.6 Å². The van der Waals surface area contributed by atoms with Gasteiger partial charge >= 0.3 is 5.97 Å². The number of nitrogens with one attached hydrogen (secondary N) is 2. The molecule has 1 unspecified atom stereocenters. The summed E-state index contributed by atoms with van der Waals surface area (Å²) in [7, 11) is 0. The number of carboxylic acid groups (broad SMARTS) is 1. The van der Waals surface area contributed by atoms with E-state index in [1.807, 2.05) is 19.1 Å². The highest BCUT2D eigenvalue weighted by Crippen LogP contribution is 1.96. The molecule has 5 nitrogen and oxygen atoms in total. The predicted octanol–water partition coefficient (Wildman–Crippen LogP) is 0.358. The summed E-state index contributed by atoms with van der Waals surface area (Å²) >= 11 is 0. The van der Waals surface area contributed by atoms with E-state index >= 15 is 0 Å². The predicted molar refractivity (Wildman–Crippen MR) is 68.0 cm³/mol. The second-order valence-electron chi connectivity index (χ2n) is 3.90. The van der Waals surface area contributed by atoms with Gasteiger partial charge in [-0.25, -0.2) is 0 Å². The molecule has 0 heterocycles. The number of hydrogen-bond donors (Lipinski definition) is 4. The van der Waals surface area contributed by atoms with Gasteiger partial charge in [-0.1, -0.05) is 12.2 Å². The third-order valence-electron chi connectivity index (χ3n) is 2.28. The number of aliphatic carboxylic acids is 1. The normalized spacial score (nSPS) is 13.1. The molecule has 0 aromatic carbocycles. The Morgan fingerprint density at radius 3 is 2.65 bits per heavy atom. The Balaban J connectivity index is 3.18. The van der Waals surface area contributed by atoms with Crippen LogP contribution in [0.5, 0.6) is 0 Å². The van der Waals surface area contributed by atoms with Gasteiger partial charge in [0, 0.05) is 26.2 Å². The molecule has 0 aromatic heterocycles. The topological polar surface area (TPSA) is 81.6 Å². The van der Waals surface area contributed by atoms with Crippen LogP contribution < -0.4 is 10.6 Å². The van der Waals surface area contributed by atoms with Crippen molar-refractivity contribution in [1.82, 2.24) is 10.6 Å². The van der Waals surface area contributed by atoms with Crippen LogP contribution in [0.2, 0.25) is 0 Å². The maximum Gasteiger partial charge on any atom is 0.304 e. The zero-order valence-electron chi connectivity index (χ0n) is 10.5. The monoisotopic (exact) mass is 244 g/mol. The van der Waals surface area contributed by atoms with Crippen LogP contribution in [-0.4, -0.2) is 48.5 Å². The number of carboxylic acids is 1. The van der Waals surface area contributed by atoms with Crippen molar-refractivity contribution in [1.29, 1.82) is 0 Å². The molecule has 4 N–H and O–H groups in total. The van der Waals surface area contributed by atoms with Crippen molar-refractivity contribution in [2.75, 3.05) is 26.2 Å².